The average molecular weight is 204 g/mol. The molecule has 78 valence electrons. The maximum Gasteiger partial charge on any atom is 0.321 e. The molecule has 2 heterocycles. The van der Waals surface area contributed by atoms with E-state index in [2.05, 4.69) is 4.98 Å². The van der Waals surface area contributed by atoms with Gasteiger partial charge in [0.1, 0.15) is 6.54 Å². The van der Waals surface area contributed by atoms with Crippen LogP contribution < -0.4 is 0 Å². The van der Waals surface area contributed by atoms with E-state index in [9.17, 15) is 4.79 Å². The summed E-state index contributed by atoms with van der Waals surface area (Å²) in [6, 6.07) is 3.92. The third-order valence-corrected chi connectivity index (χ3v) is 2.70. The molecule has 2 amide bonds. The molecule has 0 aliphatic carbocycles. The average Bonchev–Trinajstić information content (AvgIpc) is 2.82. The lowest BCUT2D eigenvalue weighted by molar-refractivity contribution is 0.199. The Morgan fingerprint density at radius 2 is 2.53 bits per heavy atom. The summed E-state index contributed by atoms with van der Waals surface area (Å²) in [5.41, 5.74) is 1.08. The molecule has 1 saturated heterocycles. The van der Waals surface area contributed by atoms with Crippen molar-refractivity contribution >= 4 is 6.03 Å². The molecule has 2 rings (SSSR count). The van der Waals surface area contributed by atoms with Gasteiger partial charge >= 0.3 is 6.03 Å². The number of aromatic nitrogens is 1. The van der Waals surface area contributed by atoms with Crippen LogP contribution in [0, 0.1) is 11.3 Å². The van der Waals surface area contributed by atoms with Gasteiger partial charge in [0, 0.05) is 26.0 Å². The van der Waals surface area contributed by atoms with Crippen LogP contribution in [0.2, 0.25) is 0 Å². The highest BCUT2D eigenvalue weighted by molar-refractivity contribution is 5.77. The molecule has 5 nitrogen and oxygen atoms in total. The number of rotatable bonds is 2. The number of hydrogen-bond donors (Lipinski definition) is 1. The molecule has 1 aliphatic heterocycles. The van der Waals surface area contributed by atoms with Crippen molar-refractivity contribution in [3.05, 3.63) is 24.0 Å². The summed E-state index contributed by atoms with van der Waals surface area (Å²) in [7, 11) is 1.76. The highest BCUT2D eigenvalue weighted by atomic mass is 16.2. The second kappa shape index (κ2) is 3.65. The number of nitrogens with zero attached hydrogens (tertiary/aromatic N) is 3. The summed E-state index contributed by atoms with van der Waals surface area (Å²) in [6.45, 7) is 0.741. The predicted octanol–water partition coefficient (Wildman–Crippen LogP) is 0.947. The molecule has 1 aromatic rings. The Hall–Kier alpha value is -1.96. The number of carbonyl (C=O) groups excluding carboxylic acids is 1. The lowest BCUT2D eigenvalue weighted by Gasteiger charge is -2.15. The largest absolute Gasteiger partial charge is 0.367 e. The molecular weight excluding hydrogens is 192 g/mol. The molecule has 0 aromatic carbocycles. The Labute approximate surface area is 87.9 Å². The molecule has 1 fully saturated rings. The second-order valence-corrected chi connectivity index (χ2v) is 3.59. The van der Waals surface area contributed by atoms with Gasteiger partial charge in [-0.15, -0.1) is 0 Å². The molecule has 1 N–H and O–H groups in total. The SMILES string of the molecule is CN1C(=O)N(CC#N)CC1c1cc[nH]c1. The van der Waals surface area contributed by atoms with Gasteiger partial charge in [-0.05, 0) is 11.6 Å². The van der Waals surface area contributed by atoms with E-state index in [1.165, 1.54) is 0 Å². The fourth-order valence-corrected chi connectivity index (χ4v) is 1.86. The molecular formula is C10H12N4O. The van der Waals surface area contributed by atoms with E-state index in [1.807, 2.05) is 24.5 Å². The van der Waals surface area contributed by atoms with E-state index >= 15 is 0 Å². The summed E-state index contributed by atoms with van der Waals surface area (Å²) in [6.07, 6.45) is 3.71. The number of H-pyrrole nitrogens is 1. The molecule has 5 heteroatoms. The number of urea groups is 1. The predicted molar refractivity (Wildman–Crippen MR) is 53.9 cm³/mol. The van der Waals surface area contributed by atoms with Gasteiger partial charge in [-0.25, -0.2) is 4.79 Å². The van der Waals surface area contributed by atoms with Gasteiger partial charge in [-0.2, -0.15) is 5.26 Å². The first-order valence-electron chi connectivity index (χ1n) is 4.75. The topological polar surface area (TPSA) is 63.1 Å². The molecule has 0 saturated carbocycles. The third kappa shape index (κ3) is 1.54. The normalized spacial score (nSPS) is 20.8. The number of nitrogens with one attached hydrogen (secondary N) is 1. The minimum atomic E-state index is -0.0808. The molecule has 0 spiro atoms. The van der Waals surface area contributed by atoms with E-state index in [0.717, 1.165) is 5.56 Å². The lowest BCUT2D eigenvalue weighted by Crippen LogP contribution is -2.29. The van der Waals surface area contributed by atoms with Crippen molar-refractivity contribution in [1.29, 1.82) is 5.26 Å². The molecule has 1 unspecified atom stereocenters. The second-order valence-electron chi connectivity index (χ2n) is 3.59. The van der Waals surface area contributed by atoms with Crippen LogP contribution >= 0.6 is 0 Å². The fraction of sp³-hybridized carbons (Fsp3) is 0.400. The number of aromatic amines is 1. The molecule has 1 aliphatic rings. The molecule has 0 bridgehead atoms. The number of hydrogen-bond acceptors (Lipinski definition) is 2. The smallest absolute Gasteiger partial charge is 0.321 e. The van der Waals surface area contributed by atoms with Crippen molar-refractivity contribution in [2.24, 2.45) is 0 Å². The maximum absolute atomic E-state index is 11.7. The van der Waals surface area contributed by atoms with E-state index in [4.69, 9.17) is 5.26 Å². The van der Waals surface area contributed by atoms with E-state index in [1.54, 1.807) is 16.8 Å². The van der Waals surface area contributed by atoms with E-state index in [0.29, 0.717) is 6.54 Å². The summed E-state index contributed by atoms with van der Waals surface area (Å²) in [5.74, 6) is 0. The van der Waals surface area contributed by atoms with Crippen molar-refractivity contribution in [2.45, 2.75) is 6.04 Å². The summed E-state index contributed by atoms with van der Waals surface area (Å²) in [5, 5.41) is 8.58. The van der Waals surface area contributed by atoms with Gasteiger partial charge in [-0.3, -0.25) is 0 Å². The van der Waals surface area contributed by atoms with Gasteiger partial charge < -0.3 is 14.8 Å². The molecule has 1 aromatic heterocycles. The van der Waals surface area contributed by atoms with Crippen LogP contribution in [0.5, 0.6) is 0 Å². The van der Waals surface area contributed by atoms with Gasteiger partial charge in [0.05, 0.1) is 12.1 Å². The highest BCUT2D eigenvalue weighted by Crippen LogP contribution is 2.27. The van der Waals surface area contributed by atoms with Gasteiger partial charge in [0.2, 0.25) is 0 Å². The Morgan fingerprint density at radius 3 is 3.13 bits per heavy atom. The number of amides is 2. The Morgan fingerprint density at radius 1 is 1.73 bits per heavy atom. The van der Waals surface area contributed by atoms with Gasteiger partial charge in [0.25, 0.3) is 0 Å². The van der Waals surface area contributed by atoms with Crippen LogP contribution in [-0.2, 0) is 0 Å². The van der Waals surface area contributed by atoms with Crippen LogP contribution in [0.4, 0.5) is 4.79 Å². The standard InChI is InChI=1S/C10H12N4O/c1-13-9(8-2-4-12-6-8)7-14(5-3-11)10(13)15/h2,4,6,9,12H,5,7H2,1H3. The zero-order valence-electron chi connectivity index (χ0n) is 8.47. The van der Waals surface area contributed by atoms with Crippen LogP contribution in [0.25, 0.3) is 0 Å². The lowest BCUT2D eigenvalue weighted by atomic mass is 10.1. The minimum absolute atomic E-state index is 0.0529. The van der Waals surface area contributed by atoms with Gasteiger partial charge in [-0.1, -0.05) is 0 Å². The van der Waals surface area contributed by atoms with E-state index in [-0.39, 0.29) is 18.6 Å². The van der Waals surface area contributed by atoms with Crippen molar-refractivity contribution < 1.29 is 4.79 Å². The first-order chi connectivity index (χ1) is 7.24. The first-order valence-corrected chi connectivity index (χ1v) is 4.75. The first kappa shape index (κ1) is 9.59. The molecule has 1 atom stereocenters. The number of carbonyl (C=O) groups is 1. The molecule has 15 heavy (non-hydrogen) atoms. The van der Waals surface area contributed by atoms with E-state index < -0.39 is 0 Å². The summed E-state index contributed by atoms with van der Waals surface area (Å²) in [4.78, 5) is 17.9. The number of likely N-dealkylation sites (N-methyl/N-ethyl adjacent to an activating group) is 1. The highest BCUT2D eigenvalue weighted by Gasteiger charge is 2.35. The summed E-state index contributed by atoms with van der Waals surface area (Å²) < 4.78 is 0. The zero-order valence-corrected chi connectivity index (χ0v) is 8.47. The monoisotopic (exact) mass is 204 g/mol. The summed E-state index contributed by atoms with van der Waals surface area (Å²) >= 11 is 0. The van der Waals surface area contributed by atoms with Crippen molar-refractivity contribution in [3.8, 4) is 6.07 Å². The Bertz CT molecular complexity index is 392. The van der Waals surface area contributed by atoms with Crippen LogP contribution in [0.3, 0.4) is 0 Å². The van der Waals surface area contributed by atoms with Crippen molar-refractivity contribution in [2.75, 3.05) is 20.1 Å². The Balaban J connectivity index is 2.18. The van der Waals surface area contributed by atoms with Crippen LogP contribution in [-0.4, -0.2) is 41.0 Å². The quantitative estimate of drug-likeness (QED) is 0.729. The van der Waals surface area contributed by atoms with Crippen molar-refractivity contribution in [1.82, 2.24) is 14.8 Å². The zero-order chi connectivity index (χ0) is 10.8. The number of nitriles is 1. The van der Waals surface area contributed by atoms with Crippen LogP contribution in [0.1, 0.15) is 11.6 Å². The van der Waals surface area contributed by atoms with Gasteiger partial charge in [0.15, 0.2) is 0 Å². The van der Waals surface area contributed by atoms with Crippen LogP contribution in [0.15, 0.2) is 18.5 Å². The fourth-order valence-electron chi connectivity index (χ4n) is 1.86. The van der Waals surface area contributed by atoms with Crippen molar-refractivity contribution in [3.63, 3.8) is 0 Å². The Kier molecular flexibility index (Phi) is 2.34. The minimum Gasteiger partial charge on any atom is -0.367 e. The molecule has 0 radical (unpaired) electrons. The third-order valence-electron chi connectivity index (χ3n) is 2.70. The maximum atomic E-state index is 11.7.